The molecule has 0 aromatic heterocycles. The first-order valence-electron chi connectivity index (χ1n) is 16.7. The van der Waals surface area contributed by atoms with E-state index in [1.54, 1.807) is 20.8 Å². The maximum absolute atomic E-state index is 13.0. The molecule has 0 fully saturated rings. The lowest BCUT2D eigenvalue weighted by Gasteiger charge is -2.24. The van der Waals surface area contributed by atoms with Gasteiger partial charge in [0.25, 0.3) is 0 Å². The van der Waals surface area contributed by atoms with Gasteiger partial charge in [0.1, 0.15) is 30.9 Å². The summed E-state index contributed by atoms with van der Waals surface area (Å²) in [5.41, 5.74) is 4.23. The van der Waals surface area contributed by atoms with Gasteiger partial charge in [0.15, 0.2) is 0 Å². The summed E-state index contributed by atoms with van der Waals surface area (Å²) in [6, 6.07) is 23.0. The molecule has 0 saturated carbocycles. The number of fused-ring (bicyclic) bond motifs is 3. The number of ether oxygens (including phenoxy) is 3. The summed E-state index contributed by atoms with van der Waals surface area (Å²) in [4.78, 5) is 63.5. The number of likely N-dealkylation sites (N-methyl/N-ethyl adjacent to an activating group) is 1. The van der Waals surface area contributed by atoms with Crippen LogP contribution in [0.1, 0.15) is 69.1 Å². The van der Waals surface area contributed by atoms with Crippen molar-refractivity contribution in [3.63, 3.8) is 0 Å². The summed E-state index contributed by atoms with van der Waals surface area (Å²) in [5, 5.41) is 10.4. The average molecular weight is 687 g/mol. The van der Waals surface area contributed by atoms with Crippen molar-refractivity contribution in [3.05, 3.63) is 95.6 Å². The van der Waals surface area contributed by atoms with Crippen molar-refractivity contribution in [3.8, 4) is 11.1 Å². The third kappa shape index (κ3) is 11.1. The second kappa shape index (κ2) is 17.8. The lowest BCUT2D eigenvalue weighted by Crippen LogP contribution is -2.47. The minimum absolute atomic E-state index is 0.0454. The zero-order chi connectivity index (χ0) is 36.1. The highest BCUT2D eigenvalue weighted by Gasteiger charge is 2.32. The molecule has 266 valence electrons. The Morgan fingerprint density at radius 1 is 0.740 bits per heavy atom. The number of carbonyl (C=O) groups excluding carboxylic acids is 5. The van der Waals surface area contributed by atoms with Gasteiger partial charge >= 0.3 is 18.2 Å². The van der Waals surface area contributed by atoms with Crippen molar-refractivity contribution in [1.29, 1.82) is 0 Å². The number of carbonyl (C=O) groups is 5. The molecule has 50 heavy (non-hydrogen) atoms. The van der Waals surface area contributed by atoms with Crippen LogP contribution in [0.3, 0.4) is 0 Å². The van der Waals surface area contributed by atoms with E-state index in [1.807, 2.05) is 78.9 Å². The Balaban J connectivity index is 1.25. The Kier molecular flexibility index (Phi) is 13.4. The van der Waals surface area contributed by atoms with Crippen LogP contribution < -0.4 is 21.3 Å². The van der Waals surface area contributed by atoms with Gasteiger partial charge < -0.3 is 35.5 Å². The molecule has 0 saturated heterocycles. The fraction of sp³-hybridized carbons (Fsp3) is 0.395. The van der Waals surface area contributed by atoms with Crippen LogP contribution in [-0.2, 0) is 35.2 Å². The largest absolute Gasteiger partial charge is 0.458 e. The van der Waals surface area contributed by atoms with E-state index >= 15 is 0 Å². The van der Waals surface area contributed by atoms with Crippen LogP contribution in [0, 0.1) is 0 Å². The van der Waals surface area contributed by atoms with E-state index in [-0.39, 0.29) is 38.0 Å². The van der Waals surface area contributed by atoms with E-state index in [0.29, 0.717) is 19.3 Å². The lowest BCUT2D eigenvalue weighted by atomic mass is 9.98. The number of benzene rings is 3. The number of rotatable bonds is 15. The van der Waals surface area contributed by atoms with E-state index in [2.05, 4.69) is 21.3 Å². The third-order valence-corrected chi connectivity index (χ3v) is 8.03. The summed E-state index contributed by atoms with van der Waals surface area (Å²) in [7, 11) is 1.48. The third-order valence-electron chi connectivity index (χ3n) is 8.03. The predicted molar refractivity (Wildman–Crippen MR) is 187 cm³/mol. The number of unbranched alkanes of at least 4 members (excludes halogenated alkanes) is 1. The van der Waals surface area contributed by atoms with Gasteiger partial charge in [-0.1, -0.05) is 78.9 Å². The first-order chi connectivity index (χ1) is 23.9. The van der Waals surface area contributed by atoms with Crippen molar-refractivity contribution in [2.45, 2.75) is 76.7 Å². The molecule has 0 radical (unpaired) electrons. The number of nitrogens with one attached hydrogen (secondary N) is 4. The Morgan fingerprint density at radius 2 is 1.32 bits per heavy atom. The van der Waals surface area contributed by atoms with Crippen LogP contribution in [0.25, 0.3) is 11.1 Å². The Labute approximate surface area is 292 Å². The Bertz CT molecular complexity index is 1590. The number of amides is 4. The summed E-state index contributed by atoms with van der Waals surface area (Å²) >= 11 is 0. The standard InChI is InChI=1S/C38H46N4O8/c1-38(2,3)50-35(45)32(42-37(47)49-24-30-28-18-10-8-16-26(28)27-17-9-11-19-29(27)30)22-33(43)40-21-13-12-20-31(34(44)39-4)41-36(46)48-23-25-14-6-5-7-15-25/h5-11,14-19,30-32H,12-13,20-24H2,1-4H3,(H,39,44)(H,40,43)(H,41,46)(H,42,47)/t31-,32+/m0/s1. The average Bonchev–Trinajstić information content (AvgIpc) is 3.41. The predicted octanol–water partition coefficient (Wildman–Crippen LogP) is 4.95. The van der Waals surface area contributed by atoms with Gasteiger partial charge in [-0.05, 0) is 67.9 Å². The molecule has 0 unspecified atom stereocenters. The topological polar surface area (TPSA) is 161 Å². The lowest BCUT2D eigenvalue weighted by molar-refractivity contribution is -0.158. The van der Waals surface area contributed by atoms with Gasteiger partial charge in [0, 0.05) is 19.5 Å². The normalized spacial score (nSPS) is 13.1. The second-order valence-corrected chi connectivity index (χ2v) is 13.0. The van der Waals surface area contributed by atoms with Crippen LogP contribution in [-0.4, -0.2) is 67.9 Å². The Hall–Kier alpha value is -5.39. The quantitative estimate of drug-likeness (QED) is 0.0992. The summed E-state index contributed by atoms with van der Waals surface area (Å²) < 4.78 is 16.3. The molecule has 12 nitrogen and oxygen atoms in total. The van der Waals surface area contributed by atoms with Crippen molar-refractivity contribution < 1.29 is 38.2 Å². The number of alkyl carbamates (subject to hydrolysis) is 2. The molecule has 3 aromatic rings. The SMILES string of the molecule is CNC(=O)[C@H](CCCCNC(=O)C[C@@H](NC(=O)OCC1c2ccccc2-c2ccccc21)C(=O)OC(C)(C)C)NC(=O)OCc1ccccc1. The van der Waals surface area contributed by atoms with E-state index < -0.39 is 41.7 Å². The van der Waals surface area contributed by atoms with Crippen LogP contribution in [0.5, 0.6) is 0 Å². The molecule has 3 aromatic carbocycles. The highest BCUT2D eigenvalue weighted by molar-refractivity contribution is 5.88. The molecule has 0 spiro atoms. The second-order valence-electron chi connectivity index (χ2n) is 13.0. The summed E-state index contributed by atoms with van der Waals surface area (Å²) in [6.45, 7) is 5.44. The van der Waals surface area contributed by atoms with Gasteiger partial charge in [-0.3, -0.25) is 9.59 Å². The molecule has 0 bridgehead atoms. The fourth-order valence-corrected chi connectivity index (χ4v) is 5.66. The molecule has 4 rings (SSSR count). The molecule has 4 N–H and O–H groups in total. The van der Waals surface area contributed by atoms with Gasteiger partial charge in [0.2, 0.25) is 11.8 Å². The van der Waals surface area contributed by atoms with Crippen molar-refractivity contribution in [1.82, 2.24) is 21.3 Å². The monoisotopic (exact) mass is 686 g/mol. The van der Waals surface area contributed by atoms with Crippen molar-refractivity contribution in [2.24, 2.45) is 0 Å². The molecule has 0 heterocycles. The fourth-order valence-electron chi connectivity index (χ4n) is 5.66. The minimum atomic E-state index is -1.28. The first-order valence-corrected chi connectivity index (χ1v) is 16.7. The van der Waals surface area contributed by atoms with Crippen molar-refractivity contribution >= 4 is 30.0 Å². The van der Waals surface area contributed by atoms with Gasteiger partial charge in [-0.2, -0.15) is 0 Å². The van der Waals surface area contributed by atoms with Crippen LogP contribution in [0.15, 0.2) is 78.9 Å². The number of hydrogen-bond donors (Lipinski definition) is 4. The zero-order valence-corrected chi connectivity index (χ0v) is 29.0. The van der Waals surface area contributed by atoms with E-state index in [9.17, 15) is 24.0 Å². The zero-order valence-electron chi connectivity index (χ0n) is 29.0. The minimum Gasteiger partial charge on any atom is -0.458 e. The van der Waals surface area contributed by atoms with Crippen LogP contribution >= 0.6 is 0 Å². The summed E-state index contributed by atoms with van der Waals surface area (Å²) in [6.07, 6.45) is -0.644. The molecular formula is C38H46N4O8. The number of hydrogen-bond acceptors (Lipinski definition) is 8. The van der Waals surface area contributed by atoms with Crippen LogP contribution in [0.2, 0.25) is 0 Å². The molecule has 12 heteroatoms. The molecule has 4 amide bonds. The van der Waals surface area contributed by atoms with Crippen molar-refractivity contribution in [2.75, 3.05) is 20.2 Å². The highest BCUT2D eigenvalue weighted by Crippen LogP contribution is 2.44. The van der Waals surface area contributed by atoms with E-state index in [0.717, 1.165) is 27.8 Å². The molecular weight excluding hydrogens is 640 g/mol. The Morgan fingerprint density at radius 3 is 1.94 bits per heavy atom. The van der Waals surface area contributed by atoms with Gasteiger partial charge in [-0.25, -0.2) is 14.4 Å². The van der Waals surface area contributed by atoms with Gasteiger partial charge in [0.05, 0.1) is 6.42 Å². The van der Waals surface area contributed by atoms with E-state index in [4.69, 9.17) is 14.2 Å². The molecule has 1 aliphatic rings. The number of esters is 1. The molecule has 0 aliphatic heterocycles. The van der Waals surface area contributed by atoms with Crippen LogP contribution in [0.4, 0.5) is 9.59 Å². The first kappa shape index (κ1) is 37.4. The maximum atomic E-state index is 13.0. The van der Waals surface area contributed by atoms with Gasteiger partial charge in [-0.15, -0.1) is 0 Å². The maximum Gasteiger partial charge on any atom is 0.408 e. The highest BCUT2D eigenvalue weighted by atomic mass is 16.6. The molecule has 1 aliphatic carbocycles. The van der Waals surface area contributed by atoms with E-state index in [1.165, 1.54) is 7.05 Å². The molecule has 2 atom stereocenters. The summed E-state index contributed by atoms with van der Waals surface area (Å²) in [5.74, 6) is -1.79. The smallest absolute Gasteiger partial charge is 0.408 e.